The molecule has 3 heterocycles. The van der Waals surface area contributed by atoms with Crippen LogP contribution in [-0.2, 0) is 38.4 Å². The molecule has 3 aliphatic rings. The van der Waals surface area contributed by atoms with Crippen LogP contribution in [0.2, 0.25) is 0 Å². The molecule has 0 aliphatic carbocycles. The van der Waals surface area contributed by atoms with E-state index in [0.717, 1.165) is 54.0 Å². The van der Waals surface area contributed by atoms with Gasteiger partial charge in [0.2, 0.25) is 47.3 Å². The molecule has 3 fully saturated rings. The molecule has 74 heavy (non-hydrogen) atoms. The van der Waals surface area contributed by atoms with Crippen molar-refractivity contribution < 1.29 is 74.1 Å². The summed E-state index contributed by atoms with van der Waals surface area (Å²) in [5, 5.41) is 89.5. The summed E-state index contributed by atoms with van der Waals surface area (Å²) >= 11 is 0. The highest BCUT2D eigenvalue weighted by Crippen LogP contribution is 2.28. The van der Waals surface area contributed by atoms with Crippen LogP contribution in [0.3, 0.4) is 0 Å². The third-order valence-electron chi connectivity index (χ3n) is 14.5. The maximum atomic E-state index is 14.5. The predicted octanol–water partition coefficient (Wildman–Crippen LogP) is -1.38. The molecule has 0 bridgehead atoms. The van der Waals surface area contributed by atoms with Crippen LogP contribution in [0, 0.1) is 17.8 Å². The number of hydrogen-bond donors (Lipinski definition) is 13. The number of benzene rings is 1. The van der Waals surface area contributed by atoms with Crippen LogP contribution < -0.4 is 32.3 Å². The summed E-state index contributed by atoms with van der Waals surface area (Å²) in [5.41, 5.74) is 5.29. The number of fused-ring (bicyclic) bond motifs is 2. The second kappa shape index (κ2) is 29.0. The molecule has 0 saturated carbocycles. The van der Waals surface area contributed by atoms with Gasteiger partial charge < -0.3 is 77.9 Å². The van der Waals surface area contributed by atoms with Gasteiger partial charge in [0.1, 0.15) is 54.2 Å². The number of amides is 8. The summed E-state index contributed by atoms with van der Waals surface area (Å²) < 4.78 is 0. The van der Waals surface area contributed by atoms with Crippen LogP contribution in [0.25, 0.3) is 0 Å². The summed E-state index contributed by atoms with van der Waals surface area (Å²) in [6, 6.07) is -6.12. The van der Waals surface area contributed by atoms with Gasteiger partial charge in [0, 0.05) is 38.4 Å². The van der Waals surface area contributed by atoms with Crippen LogP contribution in [0.1, 0.15) is 136 Å². The van der Waals surface area contributed by atoms with E-state index in [1.807, 2.05) is 0 Å². The van der Waals surface area contributed by atoms with Gasteiger partial charge in [0.25, 0.3) is 0 Å². The lowest BCUT2D eigenvalue weighted by molar-refractivity contribution is -0.148. The molecule has 3 saturated heterocycles. The number of aliphatic hydroxyl groups is 6. The Hall–Kier alpha value is -5.46. The first-order chi connectivity index (χ1) is 34.9. The average molecular weight is 1050 g/mol. The SMILES string of the molecule is CCC(C)CC(C)CCCCCCCCC(=O)N[C@H]1CCCNC(=O)[C@@H]2[C@@H](O)[C@@H](C)CN2C(=O)[C@H]([C@H](O)CC(N)=O)NC(=O)[C@H]([C@H](O)[C@@H](O)c2ccc(O)cc2)NC(=O)[C@@H]2C[C@@H](O)CN2C(=O)[C@H]([C@@H](C)O)NC1=O. The van der Waals surface area contributed by atoms with Crippen molar-refractivity contribution in [2.75, 3.05) is 19.6 Å². The molecule has 23 nitrogen and oxygen atoms in total. The standard InChI is InChI=1S/C51H82N8O15/c1-6-27(2)22-28(3)14-11-9-7-8-10-12-16-38(65)54-34-15-13-21-53-49(72)42-43(66)29(4)25-59(42)51(74)40(36(63)24-37(52)64)56-48(71)41(45(68)44(67)31-17-19-32(61)20-18-31)57-47(70)35-23-33(62)26-58(35)50(73)39(30(5)60)55-46(34)69/h17-20,27-30,33-36,39-45,60-63,66-68H,6-16,21-26H2,1-5H3,(H2,52,64)(H,53,72)(H,54,65)(H,55,69)(H,56,71)(H,57,70)/t27?,28?,29-,30+,33+,34-,35-,36+,39-,40-,41-,42-,43-,44-,45-/m0/s1. The van der Waals surface area contributed by atoms with Gasteiger partial charge in [0.05, 0.1) is 30.8 Å². The van der Waals surface area contributed by atoms with Gasteiger partial charge in [-0.05, 0) is 62.1 Å². The number of aliphatic hydroxyl groups excluding tert-OH is 6. The monoisotopic (exact) mass is 1050 g/mol. The maximum absolute atomic E-state index is 14.5. The van der Waals surface area contributed by atoms with E-state index in [1.165, 1.54) is 45.2 Å². The second-order valence-corrected chi connectivity index (χ2v) is 20.8. The van der Waals surface area contributed by atoms with Gasteiger partial charge in [-0.1, -0.05) is 84.8 Å². The molecule has 0 spiro atoms. The number of nitrogens with one attached hydrogen (secondary N) is 5. The van der Waals surface area contributed by atoms with Gasteiger partial charge in [-0.25, -0.2) is 0 Å². The number of carbonyl (C=O) groups is 8. The van der Waals surface area contributed by atoms with Gasteiger partial charge in [-0.3, -0.25) is 38.4 Å². The lowest BCUT2D eigenvalue weighted by Gasteiger charge is -2.34. The Labute approximate surface area is 432 Å². The van der Waals surface area contributed by atoms with Crippen molar-refractivity contribution in [3.63, 3.8) is 0 Å². The number of nitrogens with two attached hydrogens (primary N) is 1. The minimum absolute atomic E-state index is 0.00989. The first kappa shape index (κ1) is 61.1. The fraction of sp³-hybridized carbons (Fsp3) is 0.725. The topological polar surface area (TPSA) is 371 Å². The highest BCUT2D eigenvalue weighted by molar-refractivity contribution is 5.98. The lowest BCUT2D eigenvalue weighted by atomic mass is 9.91. The third-order valence-corrected chi connectivity index (χ3v) is 14.5. The molecule has 14 N–H and O–H groups in total. The van der Waals surface area contributed by atoms with Gasteiger partial charge >= 0.3 is 0 Å². The Bertz CT molecular complexity index is 2060. The third kappa shape index (κ3) is 17.3. The van der Waals surface area contributed by atoms with E-state index < -0.39 is 145 Å². The molecule has 4 rings (SSSR count). The first-order valence-corrected chi connectivity index (χ1v) is 26.2. The zero-order valence-electron chi connectivity index (χ0n) is 43.4. The van der Waals surface area contributed by atoms with E-state index in [2.05, 4.69) is 47.4 Å². The van der Waals surface area contributed by atoms with Crippen molar-refractivity contribution in [1.29, 1.82) is 0 Å². The highest BCUT2D eigenvalue weighted by Gasteiger charge is 2.50. The first-order valence-electron chi connectivity index (χ1n) is 26.2. The normalized spacial score (nSPS) is 28.2. The Morgan fingerprint density at radius 2 is 1.38 bits per heavy atom. The minimum Gasteiger partial charge on any atom is -0.508 e. The zero-order chi connectivity index (χ0) is 55.0. The van der Waals surface area contributed by atoms with E-state index in [1.54, 1.807) is 0 Å². The van der Waals surface area contributed by atoms with E-state index in [9.17, 15) is 74.1 Å². The number of unbranched alkanes of at least 4 members (excludes halogenated alkanes) is 5. The Balaban J connectivity index is 1.66. The van der Waals surface area contributed by atoms with Crippen molar-refractivity contribution in [1.82, 2.24) is 36.4 Å². The molecule has 1 aromatic rings. The second-order valence-electron chi connectivity index (χ2n) is 20.8. The molecule has 8 amide bonds. The fourth-order valence-corrected chi connectivity index (χ4v) is 9.97. The molecule has 15 atom stereocenters. The van der Waals surface area contributed by atoms with Gasteiger partial charge in [0.15, 0.2) is 0 Å². The van der Waals surface area contributed by atoms with Crippen LogP contribution in [0.4, 0.5) is 0 Å². The van der Waals surface area contributed by atoms with E-state index in [0.29, 0.717) is 18.3 Å². The molecule has 2 unspecified atom stereocenters. The van der Waals surface area contributed by atoms with Crippen LogP contribution in [0.5, 0.6) is 5.75 Å². The van der Waals surface area contributed by atoms with Crippen LogP contribution in [0.15, 0.2) is 24.3 Å². The number of rotatable bonds is 20. The number of hydrogen-bond acceptors (Lipinski definition) is 15. The van der Waals surface area contributed by atoms with Crippen molar-refractivity contribution in [3.05, 3.63) is 29.8 Å². The Morgan fingerprint density at radius 3 is 2.01 bits per heavy atom. The predicted molar refractivity (Wildman–Crippen MR) is 268 cm³/mol. The molecular weight excluding hydrogens is 965 g/mol. The number of phenols is 1. The van der Waals surface area contributed by atoms with E-state index >= 15 is 0 Å². The van der Waals surface area contributed by atoms with Crippen molar-refractivity contribution in [2.45, 2.75) is 197 Å². The van der Waals surface area contributed by atoms with Crippen molar-refractivity contribution in [3.8, 4) is 5.75 Å². The zero-order valence-corrected chi connectivity index (χ0v) is 43.4. The average Bonchev–Trinajstić information content (AvgIpc) is 3.89. The number of carbonyl (C=O) groups excluding carboxylic acids is 8. The molecule has 23 heteroatoms. The quantitative estimate of drug-likeness (QED) is 0.0670. The molecule has 1 aromatic carbocycles. The Kier molecular flexibility index (Phi) is 23.9. The minimum atomic E-state index is -2.31. The smallest absolute Gasteiger partial charge is 0.248 e. The highest BCUT2D eigenvalue weighted by atomic mass is 16.3. The summed E-state index contributed by atoms with van der Waals surface area (Å²) in [5.74, 6) is -7.91. The maximum Gasteiger partial charge on any atom is 0.248 e. The Morgan fingerprint density at radius 1 is 0.770 bits per heavy atom. The lowest BCUT2D eigenvalue weighted by Crippen LogP contribution is -2.64. The molecule has 0 aromatic heterocycles. The number of phenolic OH excluding ortho intramolecular Hbond substituents is 1. The molecular formula is C51H82N8O15. The number of nitrogens with zero attached hydrogens (tertiary/aromatic N) is 2. The van der Waals surface area contributed by atoms with Gasteiger partial charge in [-0.2, -0.15) is 0 Å². The summed E-state index contributed by atoms with van der Waals surface area (Å²) in [7, 11) is 0. The molecule has 3 aliphatic heterocycles. The fourth-order valence-electron chi connectivity index (χ4n) is 9.97. The van der Waals surface area contributed by atoms with Crippen molar-refractivity contribution in [2.24, 2.45) is 23.5 Å². The number of aromatic hydroxyl groups is 1. The van der Waals surface area contributed by atoms with E-state index in [4.69, 9.17) is 5.73 Å². The number of primary amides is 1. The summed E-state index contributed by atoms with van der Waals surface area (Å²) in [6.07, 6.45) is -3.36. The summed E-state index contributed by atoms with van der Waals surface area (Å²) in [4.78, 5) is 113. The van der Waals surface area contributed by atoms with Crippen LogP contribution in [-0.4, -0.2) is 179 Å². The van der Waals surface area contributed by atoms with Gasteiger partial charge in [-0.15, -0.1) is 0 Å². The van der Waals surface area contributed by atoms with Crippen molar-refractivity contribution >= 4 is 47.3 Å². The van der Waals surface area contributed by atoms with E-state index in [-0.39, 0.29) is 43.7 Å². The molecule has 416 valence electrons. The van der Waals surface area contributed by atoms with Crippen LogP contribution >= 0.6 is 0 Å². The largest absolute Gasteiger partial charge is 0.508 e. The summed E-state index contributed by atoms with van der Waals surface area (Å²) in [6.45, 7) is 8.48. The molecule has 0 radical (unpaired) electrons.